The Morgan fingerprint density at radius 2 is 1.72 bits per heavy atom. The molecule has 168 valence electrons. The fourth-order valence-corrected chi connectivity index (χ4v) is 4.25. The number of aryl methyl sites for hydroxylation is 2. The summed E-state index contributed by atoms with van der Waals surface area (Å²) in [4.78, 5) is 15.4. The highest BCUT2D eigenvalue weighted by Crippen LogP contribution is 2.21. The smallest absolute Gasteiger partial charge is 0.256 e. The second-order valence-electron chi connectivity index (χ2n) is 8.23. The van der Waals surface area contributed by atoms with Crippen LogP contribution in [0, 0.1) is 13.8 Å². The van der Waals surface area contributed by atoms with E-state index in [0.29, 0.717) is 29.5 Å². The number of amides is 1. The molecular formula is C25H29ClN4O2. The third-order valence-corrected chi connectivity index (χ3v) is 6.18. The average molecular weight is 453 g/mol. The van der Waals surface area contributed by atoms with Crippen molar-refractivity contribution in [3.05, 3.63) is 87.2 Å². The van der Waals surface area contributed by atoms with Crippen molar-refractivity contribution < 1.29 is 9.53 Å². The fraction of sp³-hybridized carbons (Fsp3) is 0.360. The maximum absolute atomic E-state index is 13.0. The van der Waals surface area contributed by atoms with Crippen LogP contribution < -0.4 is 5.32 Å². The van der Waals surface area contributed by atoms with Gasteiger partial charge in [0, 0.05) is 26.2 Å². The lowest BCUT2D eigenvalue weighted by Crippen LogP contribution is -2.36. The number of carbonyl (C=O) groups excluding carboxylic acids is 1. The number of ether oxygens (including phenoxy) is 1. The van der Waals surface area contributed by atoms with Crippen molar-refractivity contribution >= 4 is 17.5 Å². The Morgan fingerprint density at radius 1 is 1.03 bits per heavy atom. The van der Waals surface area contributed by atoms with Crippen molar-refractivity contribution in [2.45, 2.75) is 33.5 Å². The van der Waals surface area contributed by atoms with Gasteiger partial charge in [-0.2, -0.15) is 5.10 Å². The van der Waals surface area contributed by atoms with Crippen LogP contribution in [0.25, 0.3) is 0 Å². The minimum Gasteiger partial charge on any atom is -0.379 e. The zero-order valence-corrected chi connectivity index (χ0v) is 19.4. The van der Waals surface area contributed by atoms with E-state index >= 15 is 0 Å². The quantitative estimate of drug-likeness (QED) is 0.589. The van der Waals surface area contributed by atoms with E-state index in [2.05, 4.69) is 46.5 Å². The Morgan fingerprint density at radius 3 is 2.44 bits per heavy atom. The van der Waals surface area contributed by atoms with Gasteiger partial charge in [-0.05, 0) is 30.5 Å². The van der Waals surface area contributed by atoms with Crippen LogP contribution in [0.15, 0.2) is 48.5 Å². The first kappa shape index (κ1) is 22.5. The van der Waals surface area contributed by atoms with Crippen LogP contribution in [0.3, 0.4) is 0 Å². The normalized spacial score (nSPS) is 14.5. The van der Waals surface area contributed by atoms with Crippen molar-refractivity contribution in [3.8, 4) is 0 Å². The monoisotopic (exact) mass is 452 g/mol. The van der Waals surface area contributed by atoms with E-state index in [9.17, 15) is 4.79 Å². The lowest BCUT2D eigenvalue weighted by atomic mass is 10.1. The lowest BCUT2D eigenvalue weighted by Gasteiger charge is -2.27. The number of nitrogens with zero attached hydrogens (tertiary/aromatic N) is 3. The summed E-state index contributed by atoms with van der Waals surface area (Å²) < 4.78 is 7.13. The Balaban J connectivity index is 1.43. The first-order chi connectivity index (χ1) is 15.5. The molecule has 32 heavy (non-hydrogen) atoms. The molecular weight excluding hydrogens is 424 g/mol. The van der Waals surface area contributed by atoms with Gasteiger partial charge in [-0.1, -0.05) is 65.7 Å². The molecule has 0 atom stereocenters. The molecule has 0 spiro atoms. The topological polar surface area (TPSA) is 59.4 Å². The number of nitrogens with one attached hydrogen (secondary N) is 1. The zero-order chi connectivity index (χ0) is 22.5. The van der Waals surface area contributed by atoms with Crippen molar-refractivity contribution in [1.82, 2.24) is 20.0 Å². The minimum atomic E-state index is -0.205. The Hall–Kier alpha value is -2.67. The number of hydrogen-bond acceptors (Lipinski definition) is 4. The number of halogens is 1. The van der Waals surface area contributed by atoms with E-state index in [1.165, 1.54) is 11.1 Å². The molecule has 0 unspecified atom stereocenters. The molecule has 3 aromatic rings. The van der Waals surface area contributed by atoms with E-state index in [4.69, 9.17) is 16.3 Å². The van der Waals surface area contributed by atoms with Gasteiger partial charge < -0.3 is 10.1 Å². The Kier molecular flexibility index (Phi) is 7.25. The molecule has 1 saturated heterocycles. The molecule has 2 heterocycles. The predicted molar refractivity (Wildman–Crippen MR) is 126 cm³/mol. The van der Waals surface area contributed by atoms with E-state index in [0.717, 1.165) is 44.0 Å². The van der Waals surface area contributed by atoms with Crippen LogP contribution in [-0.4, -0.2) is 46.9 Å². The maximum atomic E-state index is 13.0. The number of morpholine rings is 1. The van der Waals surface area contributed by atoms with Crippen molar-refractivity contribution in [3.63, 3.8) is 0 Å². The molecule has 0 bridgehead atoms. The van der Waals surface area contributed by atoms with Crippen LogP contribution in [0.4, 0.5) is 0 Å². The second-order valence-corrected chi connectivity index (χ2v) is 8.59. The van der Waals surface area contributed by atoms with Gasteiger partial charge in [0.25, 0.3) is 5.91 Å². The highest BCUT2D eigenvalue weighted by atomic mass is 35.5. The molecule has 6 nitrogen and oxygen atoms in total. The standard InChI is InChI=1S/C25H29ClN4O2/c1-18-7-9-20(10-8-18)16-30-24(26)23(19(2)28-30)25(31)27-15-21-5-3-4-6-22(21)17-29-11-13-32-14-12-29/h3-10H,11-17H2,1-2H3,(H,27,31). The minimum absolute atomic E-state index is 0.205. The van der Waals surface area contributed by atoms with Gasteiger partial charge in [0.2, 0.25) is 0 Å². The molecule has 7 heteroatoms. The third-order valence-electron chi connectivity index (χ3n) is 5.80. The number of benzene rings is 2. The van der Waals surface area contributed by atoms with Crippen molar-refractivity contribution in [2.75, 3.05) is 26.3 Å². The SMILES string of the molecule is Cc1ccc(Cn2nc(C)c(C(=O)NCc3ccccc3CN3CCOCC3)c2Cl)cc1. The molecule has 2 aromatic carbocycles. The zero-order valence-electron chi connectivity index (χ0n) is 18.6. The fourth-order valence-electron chi connectivity index (χ4n) is 3.93. The number of carbonyl (C=O) groups is 1. The molecule has 0 saturated carbocycles. The van der Waals surface area contributed by atoms with Crippen molar-refractivity contribution in [1.29, 1.82) is 0 Å². The number of rotatable bonds is 7. The molecule has 4 rings (SSSR count). The molecule has 1 aliphatic rings. The summed E-state index contributed by atoms with van der Waals surface area (Å²) >= 11 is 6.57. The summed E-state index contributed by atoms with van der Waals surface area (Å²) in [5, 5.41) is 7.91. The third kappa shape index (κ3) is 5.38. The Labute approximate surface area is 194 Å². The van der Waals surface area contributed by atoms with Gasteiger partial charge in [0.1, 0.15) is 5.15 Å². The van der Waals surface area contributed by atoms with Crippen LogP contribution in [0.2, 0.25) is 5.15 Å². The average Bonchev–Trinajstić information content (AvgIpc) is 3.08. The van der Waals surface area contributed by atoms with E-state index < -0.39 is 0 Å². The Bertz CT molecular complexity index is 1070. The molecule has 1 N–H and O–H groups in total. The number of hydrogen-bond donors (Lipinski definition) is 1. The highest BCUT2D eigenvalue weighted by Gasteiger charge is 2.21. The van der Waals surface area contributed by atoms with E-state index in [1.54, 1.807) is 4.68 Å². The summed E-state index contributed by atoms with van der Waals surface area (Å²) in [6.07, 6.45) is 0. The van der Waals surface area contributed by atoms with Gasteiger partial charge in [-0.3, -0.25) is 9.69 Å². The van der Waals surface area contributed by atoms with Crippen LogP contribution in [-0.2, 0) is 24.4 Å². The summed E-state index contributed by atoms with van der Waals surface area (Å²) in [6.45, 7) is 9.07. The summed E-state index contributed by atoms with van der Waals surface area (Å²) in [7, 11) is 0. The predicted octanol–water partition coefficient (Wildman–Crippen LogP) is 3.96. The maximum Gasteiger partial charge on any atom is 0.256 e. The van der Waals surface area contributed by atoms with Crippen LogP contribution >= 0.6 is 11.6 Å². The van der Waals surface area contributed by atoms with Gasteiger partial charge in [0.05, 0.1) is 31.0 Å². The molecule has 1 aliphatic heterocycles. The molecule has 1 aromatic heterocycles. The lowest BCUT2D eigenvalue weighted by molar-refractivity contribution is 0.0340. The molecule has 1 amide bonds. The molecule has 0 aliphatic carbocycles. The van der Waals surface area contributed by atoms with Gasteiger partial charge in [-0.25, -0.2) is 4.68 Å². The first-order valence-electron chi connectivity index (χ1n) is 10.9. The van der Waals surface area contributed by atoms with Crippen molar-refractivity contribution in [2.24, 2.45) is 0 Å². The van der Waals surface area contributed by atoms with Crippen LogP contribution in [0.5, 0.6) is 0 Å². The summed E-state index contributed by atoms with van der Waals surface area (Å²) in [5.74, 6) is -0.205. The largest absolute Gasteiger partial charge is 0.379 e. The molecule has 1 fully saturated rings. The summed E-state index contributed by atoms with van der Waals surface area (Å²) in [6, 6.07) is 16.4. The van der Waals surface area contributed by atoms with Gasteiger partial charge in [-0.15, -0.1) is 0 Å². The molecule has 0 radical (unpaired) electrons. The van der Waals surface area contributed by atoms with E-state index in [-0.39, 0.29) is 5.91 Å². The van der Waals surface area contributed by atoms with Gasteiger partial charge in [0.15, 0.2) is 0 Å². The highest BCUT2D eigenvalue weighted by molar-refractivity contribution is 6.33. The first-order valence-corrected chi connectivity index (χ1v) is 11.3. The van der Waals surface area contributed by atoms with E-state index in [1.807, 2.05) is 31.2 Å². The summed E-state index contributed by atoms with van der Waals surface area (Å²) in [5.41, 5.74) is 5.67. The van der Waals surface area contributed by atoms with Crippen LogP contribution in [0.1, 0.15) is 38.3 Å². The van der Waals surface area contributed by atoms with Gasteiger partial charge >= 0.3 is 0 Å². The number of aromatic nitrogens is 2. The second kappa shape index (κ2) is 10.3.